The Morgan fingerprint density at radius 1 is 1.35 bits per heavy atom. The summed E-state index contributed by atoms with van der Waals surface area (Å²) >= 11 is 3.37. The molecule has 1 aliphatic rings. The first-order valence-electron chi connectivity index (χ1n) is 5.61. The molecule has 2 rings (SSSR count). The number of rotatable bonds is 4. The van der Waals surface area contributed by atoms with Crippen molar-refractivity contribution in [1.82, 2.24) is 10.2 Å². The average Bonchev–Trinajstić information content (AvgIpc) is 2.32. The van der Waals surface area contributed by atoms with Gasteiger partial charge in [-0.3, -0.25) is 9.69 Å². The van der Waals surface area contributed by atoms with E-state index in [1.165, 1.54) is 0 Å². The van der Waals surface area contributed by atoms with Gasteiger partial charge in [0.2, 0.25) is 5.91 Å². The largest absolute Gasteiger partial charge is 0.492 e. The Labute approximate surface area is 109 Å². The zero-order valence-corrected chi connectivity index (χ0v) is 11.1. The second kappa shape index (κ2) is 6.02. The van der Waals surface area contributed by atoms with Gasteiger partial charge in [-0.2, -0.15) is 0 Å². The monoisotopic (exact) mass is 298 g/mol. The first-order chi connectivity index (χ1) is 8.24. The summed E-state index contributed by atoms with van der Waals surface area (Å²) in [6, 6.07) is 7.74. The number of carbonyl (C=O) groups excluding carboxylic acids is 1. The van der Waals surface area contributed by atoms with E-state index in [1.54, 1.807) is 0 Å². The fourth-order valence-corrected chi connectivity index (χ4v) is 1.97. The number of nitrogens with zero attached hydrogens (tertiary/aromatic N) is 1. The molecule has 4 nitrogen and oxygen atoms in total. The minimum absolute atomic E-state index is 0.0971. The second-order valence-corrected chi connectivity index (χ2v) is 4.84. The van der Waals surface area contributed by atoms with Crippen LogP contribution < -0.4 is 10.1 Å². The summed E-state index contributed by atoms with van der Waals surface area (Å²) in [5, 5.41) is 2.80. The highest BCUT2D eigenvalue weighted by Crippen LogP contribution is 2.15. The van der Waals surface area contributed by atoms with Gasteiger partial charge < -0.3 is 10.1 Å². The molecule has 1 saturated heterocycles. The molecular formula is C12H15BrN2O2. The molecule has 0 saturated carbocycles. The molecule has 1 aliphatic heterocycles. The fourth-order valence-electron chi connectivity index (χ4n) is 1.71. The molecule has 1 fully saturated rings. The third-order valence-electron chi connectivity index (χ3n) is 2.61. The lowest BCUT2D eigenvalue weighted by Gasteiger charge is -2.26. The van der Waals surface area contributed by atoms with Crippen molar-refractivity contribution in [3.05, 3.63) is 28.7 Å². The van der Waals surface area contributed by atoms with E-state index >= 15 is 0 Å². The lowest BCUT2D eigenvalue weighted by molar-refractivity contribution is -0.124. The summed E-state index contributed by atoms with van der Waals surface area (Å²) in [7, 11) is 0. The van der Waals surface area contributed by atoms with Gasteiger partial charge in [-0.1, -0.05) is 15.9 Å². The minimum atomic E-state index is 0.0971. The Hall–Kier alpha value is -1.07. The molecule has 0 bridgehead atoms. The van der Waals surface area contributed by atoms with Gasteiger partial charge in [0.1, 0.15) is 12.4 Å². The number of halogens is 1. The number of ether oxygens (including phenoxy) is 1. The Kier molecular flexibility index (Phi) is 4.39. The molecule has 1 N–H and O–H groups in total. The second-order valence-electron chi connectivity index (χ2n) is 3.93. The van der Waals surface area contributed by atoms with E-state index in [4.69, 9.17) is 4.74 Å². The van der Waals surface area contributed by atoms with E-state index in [-0.39, 0.29) is 5.91 Å². The summed E-state index contributed by atoms with van der Waals surface area (Å²) in [5.74, 6) is 0.953. The molecule has 1 aromatic rings. The van der Waals surface area contributed by atoms with Crippen molar-refractivity contribution >= 4 is 21.8 Å². The number of piperazine rings is 1. The molecule has 5 heteroatoms. The smallest absolute Gasteiger partial charge is 0.234 e. The van der Waals surface area contributed by atoms with Crippen molar-refractivity contribution in [2.24, 2.45) is 0 Å². The summed E-state index contributed by atoms with van der Waals surface area (Å²) in [6.45, 7) is 3.49. The number of benzene rings is 1. The van der Waals surface area contributed by atoms with E-state index in [0.717, 1.165) is 29.9 Å². The summed E-state index contributed by atoms with van der Waals surface area (Å²) in [5.41, 5.74) is 0. The third-order valence-corrected chi connectivity index (χ3v) is 3.14. The van der Waals surface area contributed by atoms with Crippen LogP contribution in [0.5, 0.6) is 5.75 Å². The van der Waals surface area contributed by atoms with Gasteiger partial charge in [0.05, 0.1) is 6.54 Å². The highest BCUT2D eigenvalue weighted by atomic mass is 79.9. The van der Waals surface area contributed by atoms with Crippen LogP contribution in [0, 0.1) is 0 Å². The number of hydrogen-bond acceptors (Lipinski definition) is 3. The molecule has 0 atom stereocenters. The predicted molar refractivity (Wildman–Crippen MR) is 69.1 cm³/mol. The summed E-state index contributed by atoms with van der Waals surface area (Å²) in [4.78, 5) is 13.2. The molecular weight excluding hydrogens is 284 g/mol. The van der Waals surface area contributed by atoms with Crippen molar-refractivity contribution in [3.63, 3.8) is 0 Å². The van der Waals surface area contributed by atoms with E-state index < -0.39 is 0 Å². The van der Waals surface area contributed by atoms with Crippen LogP contribution in [0.3, 0.4) is 0 Å². The molecule has 17 heavy (non-hydrogen) atoms. The van der Waals surface area contributed by atoms with Crippen LogP contribution in [0.4, 0.5) is 0 Å². The molecule has 0 unspecified atom stereocenters. The van der Waals surface area contributed by atoms with Gasteiger partial charge in [-0.25, -0.2) is 0 Å². The quantitative estimate of drug-likeness (QED) is 0.910. The maximum atomic E-state index is 11.1. The highest BCUT2D eigenvalue weighted by molar-refractivity contribution is 9.10. The average molecular weight is 299 g/mol. The van der Waals surface area contributed by atoms with Gasteiger partial charge in [-0.15, -0.1) is 0 Å². The topological polar surface area (TPSA) is 41.6 Å². The van der Waals surface area contributed by atoms with E-state index in [2.05, 4.69) is 26.1 Å². The number of carbonyl (C=O) groups is 1. The third kappa shape index (κ3) is 4.02. The summed E-state index contributed by atoms with van der Waals surface area (Å²) < 4.78 is 6.64. The molecule has 0 aliphatic carbocycles. The molecule has 0 spiro atoms. The zero-order valence-electron chi connectivity index (χ0n) is 9.49. The van der Waals surface area contributed by atoms with Crippen molar-refractivity contribution in [1.29, 1.82) is 0 Å². The van der Waals surface area contributed by atoms with Gasteiger partial charge in [0.25, 0.3) is 0 Å². The predicted octanol–water partition coefficient (Wildman–Crippen LogP) is 1.26. The van der Waals surface area contributed by atoms with Crippen LogP contribution in [0.25, 0.3) is 0 Å². The summed E-state index contributed by atoms with van der Waals surface area (Å²) in [6.07, 6.45) is 0. The lowest BCUT2D eigenvalue weighted by atomic mass is 10.3. The van der Waals surface area contributed by atoms with E-state index in [0.29, 0.717) is 13.2 Å². The lowest BCUT2D eigenvalue weighted by Crippen LogP contribution is -2.48. The normalized spacial score (nSPS) is 16.6. The van der Waals surface area contributed by atoms with Crippen molar-refractivity contribution < 1.29 is 9.53 Å². The number of amides is 1. The standard InChI is InChI=1S/C12H15BrN2O2/c13-10-1-3-11(4-2-10)17-8-7-15-6-5-14-12(16)9-15/h1-4H,5-9H2,(H,14,16). The molecule has 0 aromatic heterocycles. The van der Waals surface area contributed by atoms with Crippen LogP contribution in [0.15, 0.2) is 28.7 Å². The van der Waals surface area contributed by atoms with Crippen molar-refractivity contribution in [2.75, 3.05) is 32.8 Å². The Balaban J connectivity index is 1.72. The van der Waals surface area contributed by atoms with Gasteiger partial charge >= 0.3 is 0 Å². The maximum Gasteiger partial charge on any atom is 0.234 e. The SMILES string of the molecule is O=C1CN(CCOc2ccc(Br)cc2)CCN1. The van der Waals surface area contributed by atoms with Crippen LogP contribution in [-0.4, -0.2) is 43.6 Å². The maximum absolute atomic E-state index is 11.1. The Bertz CT molecular complexity index is 381. The first-order valence-corrected chi connectivity index (χ1v) is 6.41. The molecule has 0 radical (unpaired) electrons. The molecule has 92 valence electrons. The van der Waals surface area contributed by atoms with Crippen LogP contribution >= 0.6 is 15.9 Å². The van der Waals surface area contributed by atoms with Gasteiger partial charge in [0, 0.05) is 24.1 Å². The first kappa shape index (κ1) is 12.4. The van der Waals surface area contributed by atoms with E-state index in [9.17, 15) is 4.79 Å². The van der Waals surface area contributed by atoms with Crippen molar-refractivity contribution in [3.8, 4) is 5.75 Å². The van der Waals surface area contributed by atoms with Crippen molar-refractivity contribution in [2.45, 2.75) is 0 Å². The Morgan fingerprint density at radius 3 is 2.82 bits per heavy atom. The van der Waals surface area contributed by atoms with Crippen LogP contribution in [-0.2, 0) is 4.79 Å². The van der Waals surface area contributed by atoms with Crippen LogP contribution in [0.2, 0.25) is 0 Å². The van der Waals surface area contributed by atoms with E-state index in [1.807, 2.05) is 24.3 Å². The van der Waals surface area contributed by atoms with Crippen LogP contribution in [0.1, 0.15) is 0 Å². The van der Waals surface area contributed by atoms with Gasteiger partial charge in [0.15, 0.2) is 0 Å². The fraction of sp³-hybridized carbons (Fsp3) is 0.417. The highest BCUT2D eigenvalue weighted by Gasteiger charge is 2.15. The zero-order chi connectivity index (χ0) is 12.1. The number of hydrogen-bond donors (Lipinski definition) is 1. The minimum Gasteiger partial charge on any atom is -0.492 e. The van der Waals surface area contributed by atoms with Gasteiger partial charge in [-0.05, 0) is 24.3 Å². The number of nitrogens with one attached hydrogen (secondary N) is 1. The molecule has 1 aromatic carbocycles. The molecule has 1 heterocycles. The Morgan fingerprint density at radius 2 is 2.12 bits per heavy atom. The molecule has 1 amide bonds.